The van der Waals surface area contributed by atoms with Crippen molar-refractivity contribution in [2.24, 2.45) is 5.92 Å². The number of piperidine rings is 1. The van der Waals surface area contributed by atoms with E-state index in [9.17, 15) is 31.4 Å². The van der Waals surface area contributed by atoms with Gasteiger partial charge in [-0.25, -0.2) is 9.59 Å². The zero-order chi connectivity index (χ0) is 30.1. The molecule has 2 aromatic heterocycles. The summed E-state index contributed by atoms with van der Waals surface area (Å²) in [7, 11) is 0. The van der Waals surface area contributed by atoms with Crippen LogP contribution in [0.25, 0.3) is 0 Å². The number of hydrogen-bond donors (Lipinski definition) is 3. The largest absolute Gasteiger partial charge is 0.490 e. The molecule has 4 heterocycles. The number of nitrogens with zero attached hydrogens (tertiary/aromatic N) is 7. The summed E-state index contributed by atoms with van der Waals surface area (Å²) in [6, 6.07) is 4.08. The van der Waals surface area contributed by atoms with Gasteiger partial charge in [0.05, 0.1) is 17.5 Å². The van der Waals surface area contributed by atoms with Crippen molar-refractivity contribution in [3.05, 3.63) is 29.7 Å². The van der Waals surface area contributed by atoms with Crippen LogP contribution >= 0.6 is 0 Å². The first-order chi connectivity index (χ1) is 18.5. The SMILES string of the molecule is Cc1ccc(N2CCC(Cn3cc(CN4CC[C@H](O)C4)nn3)CC2)nn1.O=C(O)C(F)(F)F.O=C(O)C(F)(F)F. The number of carboxylic acid groups (broad SMARTS) is 2. The Bertz CT molecular complexity index is 1060. The fraction of sp³-hybridized carbons (Fsp3) is 0.636. The molecule has 0 amide bonds. The smallest absolute Gasteiger partial charge is 0.475 e. The summed E-state index contributed by atoms with van der Waals surface area (Å²) in [6.07, 6.45) is -5.18. The molecule has 4 rings (SSSR count). The Labute approximate surface area is 224 Å². The van der Waals surface area contributed by atoms with Crippen molar-refractivity contribution in [3.63, 3.8) is 0 Å². The van der Waals surface area contributed by atoms with E-state index in [1.54, 1.807) is 0 Å². The Kier molecular flexibility index (Phi) is 11.6. The van der Waals surface area contributed by atoms with Gasteiger partial charge in [-0.3, -0.25) is 9.58 Å². The number of halogens is 6. The van der Waals surface area contributed by atoms with Gasteiger partial charge in [0.1, 0.15) is 0 Å². The highest BCUT2D eigenvalue weighted by Gasteiger charge is 2.38. The number of anilines is 1. The first-order valence-electron chi connectivity index (χ1n) is 12.0. The van der Waals surface area contributed by atoms with Gasteiger partial charge in [0, 0.05) is 45.5 Å². The zero-order valence-electron chi connectivity index (χ0n) is 21.3. The number of aromatic nitrogens is 5. The van der Waals surface area contributed by atoms with Crippen molar-refractivity contribution < 1.29 is 51.3 Å². The van der Waals surface area contributed by atoms with Crippen LogP contribution in [0, 0.1) is 12.8 Å². The number of aliphatic hydroxyl groups is 1. The van der Waals surface area contributed by atoms with Gasteiger partial charge in [-0.15, -0.1) is 10.2 Å². The van der Waals surface area contributed by atoms with Gasteiger partial charge in [0.25, 0.3) is 0 Å². The quantitative estimate of drug-likeness (QED) is 0.442. The fourth-order valence-corrected chi connectivity index (χ4v) is 3.85. The van der Waals surface area contributed by atoms with Crippen molar-refractivity contribution >= 4 is 17.8 Å². The molecule has 0 saturated carbocycles. The van der Waals surface area contributed by atoms with E-state index in [2.05, 4.69) is 42.6 Å². The predicted octanol–water partition coefficient (Wildman–Crippen LogP) is 2.13. The number of carboxylic acids is 2. The molecular weight excluding hydrogens is 556 g/mol. The van der Waals surface area contributed by atoms with Crippen molar-refractivity contribution in [3.8, 4) is 0 Å². The van der Waals surface area contributed by atoms with Crippen LogP contribution in [0.4, 0.5) is 32.2 Å². The molecule has 1 atom stereocenters. The minimum absolute atomic E-state index is 0.187. The molecule has 3 N–H and O–H groups in total. The molecule has 2 aromatic rings. The average molecular weight is 586 g/mol. The van der Waals surface area contributed by atoms with Crippen molar-refractivity contribution in [2.45, 2.75) is 57.7 Å². The molecule has 0 radical (unpaired) electrons. The minimum atomic E-state index is -5.08. The van der Waals surface area contributed by atoms with Gasteiger partial charge >= 0.3 is 24.3 Å². The van der Waals surface area contributed by atoms with Gasteiger partial charge in [-0.05, 0) is 44.2 Å². The highest BCUT2D eigenvalue weighted by Crippen LogP contribution is 2.23. The van der Waals surface area contributed by atoms with Crippen molar-refractivity contribution in [1.29, 1.82) is 0 Å². The molecular formula is C22H29F6N7O5. The van der Waals surface area contributed by atoms with Crippen molar-refractivity contribution in [1.82, 2.24) is 30.1 Å². The predicted molar refractivity (Wildman–Crippen MR) is 125 cm³/mol. The number of alkyl halides is 6. The van der Waals surface area contributed by atoms with Gasteiger partial charge in [0.15, 0.2) is 5.82 Å². The van der Waals surface area contributed by atoms with Crippen LogP contribution < -0.4 is 4.90 Å². The second kappa shape index (κ2) is 14.2. The minimum Gasteiger partial charge on any atom is -0.475 e. The Hall–Kier alpha value is -3.54. The normalized spacial score (nSPS) is 18.4. The lowest BCUT2D eigenvalue weighted by Crippen LogP contribution is -2.35. The third-order valence-corrected chi connectivity index (χ3v) is 5.87. The molecule has 224 valence electrons. The van der Waals surface area contributed by atoms with Gasteiger partial charge in [-0.2, -0.15) is 31.4 Å². The van der Waals surface area contributed by atoms with Crippen LogP contribution in [0.15, 0.2) is 18.3 Å². The first kappa shape index (κ1) is 32.7. The van der Waals surface area contributed by atoms with Gasteiger partial charge in [-0.1, -0.05) is 5.21 Å². The fourth-order valence-electron chi connectivity index (χ4n) is 3.85. The second-order valence-corrected chi connectivity index (χ2v) is 9.18. The monoisotopic (exact) mass is 585 g/mol. The maximum absolute atomic E-state index is 10.6. The van der Waals surface area contributed by atoms with Crippen LogP contribution in [0.3, 0.4) is 0 Å². The number of aliphatic carboxylic acids is 2. The van der Waals surface area contributed by atoms with Crippen LogP contribution in [0.2, 0.25) is 0 Å². The lowest BCUT2D eigenvalue weighted by Gasteiger charge is -2.32. The molecule has 40 heavy (non-hydrogen) atoms. The molecule has 2 aliphatic rings. The van der Waals surface area contributed by atoms with Gasteiger partial charge < -0.3 is 20.2 Å². The molecule has 2 aliphatic heterocycles. The van der Waals surface area contributed by atoms with E-state index >= 15 is 0 Å². The molecule has 18 heteroatoms. The zero-order valence-corrected chi connectivity index (χ0v) is 21.3. The average Bonchev–Trinajstić information content (AvgIpc) is 3.48. The van der Waals surface area contributed by atoms with E-state index < -0.39 is 24.3 Å². The maximum Gasteiger partial charge on any atom is 0.490 e. The third-order valence-electron chi connectivity index (χ3n) is 5.87. The summed E-state index contributed by atoms with van der Waals surface area (Å²) in [4.78, 5) is 22.3. The van der Waals surface area contributed by atoms with Crippen LogP contribution in [-0.2, 0) is 22.7 Å². The highest BCUT2D eigenvalue weighted by molar-refractivity contribution is 5.73. The van der Waals surface area contributed by atoms with E-state index in [1.807, 2.05) is 17.7 Å². The molecule has 0 bridgehead atoms. The summed E-state index contributed by atoms with van der Waals surface area (Å²) >= 11 is 0. The summed E-state index contributed by atoms with van der Waals surface area (Å²) in [5.74, 6) is -3.92. The van der Waals surface area contributed by atoms with Crippen LogP contribution in [0.1, 0.15) is 30.7 Å². The molecule has 2 saturated heterocycles. The number of β-amino-alcohol motifs (C(OH)–C–C–N with tert-alkyl or cyclic N) is 1. The van der Waals surface area contributed by atoms with Gasteiger partial charge in [0.2, 0.25) is 0 Å². The first-order valence-corrected chi connectivity index (χ1v) is 12.0. The lowest BCUT2D eigenvalue weighted by atomic mass is 9.97. The maximum atomic E-state index is 10.6. The van der Waals surface area contributed by atoms with Crippen molar-refractivity contribution in [2.75, 3.05) is 31.1 Å². The summed E-state index contributed by atoms with van der Waals surface area (Å²) in [5.41, 5.74) is 1.94. The highest BCUT2D eigenvalue weighted by atomic mass is 19.4. The number of rotatable bonds is 5. The summed E-state index contributed by atoms with van der Waals surface area (Å²) in [6.45, 7) is 7.36. The number of aryl methyl sites for hydroxylation is 1. The Morgan fingerprint density at radius 2 is 1.50 bits per heavy atom. The number of hydrogen-bond acceptors (Lipinski definition) is 9. The Morgan fingerprint density at radius 3 is 1.95 bits per heavy atom. The standard InChI is InChI=1S/C18H27N7O.2C2HF3O2/c1-14-2-3-18(21-19-14)24-8-4-15(5-9-24)10-25-12-16(20-22-25)11-23-7-6-17(26)13-23;2*3-2(4,5)1(6)7/h2-3,12,15,17,26H,4-11,13H2,1H3;2*(H,6,7)/t17-;;/m0../s1. The topological polar surface area (TPSA) is 158 Å². The van der Waals surface area contributed by atoms with E-state index in [4.69, 9.17) is 19.8 Å². The number of likely N-dealkylation sites (tertiary alicyclic amines) is 1. The van der Waals surface area contributed by atoms with E-state index in [0.717, 1.165) is 75.7 Å². The second-order valence-electron chi connectivity index (χ2n) is 9.18. The van der Waals surface area contributed by atoms with E-state index in [1.165, 1.54) is 0 Å². The van der Waals surface area contributed by atoms with Crippen LogP contribution in [0.5, 0.6) is 0 Å². The number of aliphatic hydroxyl groups excluding tert-OH is 1. The molecule has 0 unspecified atom stereocenters. The summed E-state index contributed by atoms with van der Waals surface area (Å²) in [5, 5.41) is 40.9. The van der Waals surface area contributed by atoms with Crippen LogP contribution in [-0.4, -0.2) is 102 Å². The Balaban J connectivity index is 0.000000333. The molecule has 2 fully saturated rings. The lowest BCUT2D eigenvalue weighted by molar-refractivity contribution is -0.193. The summed E-state index contributed by atoms with van der Waals surface area (Å²) < 4.78 is 65.5. The molecule has 12 nitrogen and oxygen atoms in total. The molecule has 0 spiro atoms. The third kappa shape index (κ3) is 11.3. The Morgan fingerprint density at radius 1 is 0.925 bits per heavy atom. The van der Waals surface area contributed by atoms with E-state index in [-0.39, 0.29) is 6.10 Å². The molecule has 0 aliphatic carbocycles. The van der Waals surface area contributed by atoms with E-state index in [0.29, 0.717) is 5.92 Å². The molecule has 0 aromatic carbocycles. The number of carbonyl (C=O) groups is 2.